The monoisotopic (exact) mass is 456 g/mol. The minimum atomic E-state index is -4.29. The normalized spacial score (nSPS) is 14.6. The number of rotatable bonds is 6. The van der Waals surface area contributed by atoms with E-state index >= 15 is 0 Å². The maximum Gasteiger partial charge on any atom is 0.265 e. The Labute approximate surface area is 181 Å². The zero-order valence-electron chi connectivity index (χ0n) is 16.4. The van der Waals surface area contributed by atoms with Gasteiger partial charge >= 0.3 is 0 Å². The van der Waals surface area contributed by atoms with E-state index in [-0.39, 0.29) is 15.4 Å². The quantitative estimate of drug-likeness (QED) is 0.615. The lowest BCUT2D eigenvalue weighted by Crippen LogP contribution is -2.42. The van der Waals surface area contributed by atoms with Crippen molar-refractivity contribution in [2.45, 2.75) is 16.2 Å². The Balaban J connectivity index is 1.64. The average Bonchev–Trinajstić information content (AvgIpc) is 2.72. The summed E-state index contributed by atoms with van der Waals surface area (Å²) in [5.74, 6) is -0.796. The van der Waals surface area contributed by atoms with Gasteiger partial charge < -0.3 is 0 Å². The Hall–Kier alpha value is -3.01. The number of hydrogen-bond donors (Lipinski definition) is 1. The van der Waals surface area contributed by atoms with E-state index in [2.05, 4.69) is 4.72 Å². The minimum Gasteiger partial charge on any atom is -0.268 e. The van der Waals surface area contributed by atoms with Crippen LogP contribution < -0.4 is 4.72 Å². The highest BCUT2D eigenvalue weighted by Crippen LogP contribution is 2.25. The Bertz CT molecular complexity index is 1330. The molecule has 1 heterocycles. The summed E-state index contributed by atoms with van der Waals surface area (Å²) in [6.07, 6.45) is 0.772. The van der Waals surface area contributed by atoms with E-state index in [0.29, 0.717) is 18.7 Å². The van der Waals surface area contributed by atoms with Crippen molar-refractivity contribution in [3.63, 3.8) is 0 Å². The van der Waals surface area contributed by atoms with Crippen LogP contribution >= 0.6 is 0 Å². The minimum absolute atomic E-state index is 0.118. The maximum atomic E-state index is 12.9. The maximum absolute atomic E-state index is 12.9. The molecule has 1 aliphatic rings. The molecule has 0 saturated carbocycles. The number of nitrogens with one attached hydrogen (secondary N) is 1. The lowest BCUT2D eigenvalue weighted by Gasteiger charge is -2.29. The number of carbonyl (C=O) groups excluding carboxylic acids is 1. The van der Waals surface area contributed by atoms with Gasteiger partial charge in [0.2, 0.25) is 10.0 Å². The van der Waals surface area contributed by atoms with Crippen LogP contribution in [-0.4, -0.2) is 40.1 Å². The first-order chi connectivity index (χ1) is 14.8. The number of hydrogen-bond acceptors (Lipinski definition) is 5. The molecule has 1 N–H and O–H groups in total. The van der Waals surface area contributed by atoms with E-state index in [4.69, 9.17) is 0 Å². The number of amides is 1. The molecule has 31 heavy (non-hydrogen) atoms. The van der Waals surface area contributed by atoms with Gasteiger partial charge in [-0.3, -0.25) is 4.79 Å². The molecular weight excluding hydrogens is 436 g/mol. The topological polar surface area (TPSA) is 101 Å². The number of sulfonamides is 2. The van der Waals surface area contributed by atoms with Crippen molar-refractivity contribution in [1.29, 1.82) is 0 Å². The molecule has 1 saturated heterocycles. The van der Waals surface area contributed by atoms with Gasteiger partial charge in [0.25, 0.3) is 15.9 Å². The lowest BCUT2D eigenvalue weighted by atomic mass is 9.99. The van der Waals surface area contributed by atoms with Crippen LogP contribution in [0.3, 0.4) is 0 Å². The van der Waals surface area contributed by atoms with E-state index in [9.17, 15) is 21.6 Å². The lowest BCUT2D eigenvalue weighted by molar-refractivity contribution is 0.0982. The van der Waals surface area contributed by atoms with Gasteiger partial charge in [0, 0.05) is 18.7 Å². The number of benzene rings is 3. The molecule has 160 valence electrons. The van der Waals surface area contributed by atoms with Crippen LogP contribution in [0.5, 0.6) is 0 Å². The molecule has 0 aliphatic carbocycles. The smallest absolute Gasteiger partial charge is 0.265 e. The van der Waals surface area contributed by atoms with Crippen LogP contribution in [-0.2, 0) is 20.0 Å². The van der Waals surface area contributed by atoms with E-state index in [1.165, 1.54) is 28.6 Å². The third-order valence-corrected chi connectivity index (χ3v) is 8.28. The number of carbonyl (C=O) groups is 1. The Morgan fingerprint density at radius 2 is 1.42 bits per heavy atom. The SMILES string of the molecule is O=C(NS(=O)(=O)c1cccc(S(=O)(=O)N2CCC2)c1)c1ccccc1-c1ccccc1. The largest absolute Gasteiger partial charge is 0.268 e. The fourth-order valence-corrected chi connectivity index (χ4v) is 5.91. The predicted octanol–water partition coefficient (Wildman–Crippen LogP) is 2.87. The van der Waals surface area contributed by atoms with Crippen molar-refractivity contribution in [2.75, 3.05) is 13.1 Å². The van der Waals surface area contributed by atoms with E-state index < -0.39 is 26.0 Å². The third kappa shape index (κ3) is 4.25. The van der Waals surface area contributed by atoms with Crippen molar-refractivity contribution in [3.05, 3.63) is 84.4 Å². The van der Waals surface area contributed by atoms with Crippen molar-refractivity contribution >= 4 is 26.0 Å². The third-order valence-electron chi connectivity index (χ3n) is 5.05. The Kier molecular flexibility index (Phi) is 5.65. The first-order valence-electron chi connectivity index (χ1n) is 9.61. The van der Waals surface area contributed by atoms with Crippen molar-refractivity contribution in [1.82, 2.24) is 9.03 Å². The molecule has 0 atom stereocenters. The van der Waals surface area contributed by atoms with Gasteiger partial charge in [-0.15, -0.1) is 0 Å². The Morgan fingerprint density at radius 1 is 0.774 bits per heavy atom. The van der Waals surface area contributed by atoms with Gasteiger partial charge in [-0.25, -0.2) is 21.6 Å². The molecule has 0 unspecified atom stereocenters. The summed E-state index contributed by atoms with van der Waals surface area (Å²) in [4.78, 5) is 12.4. The molecule has 7 nitrogen and oxygen atoms in total. The first kappa shape index (κ1) is 21.2. The van der Waals surface area contributed by atoms with Gasteiger partial charge in [-0.1, -0.05) is 54.6 Å². The zero-order valence-corrected chi connectivity index (χ0v) is 18.1. The fraction of sp³-hybridized carbons (Fsp3) is 0.136. The van der Waals surface area contributed by atoms with E-state index in [0.717, 1.165) is 18.1 Å². The molecule has 0 radical (unpaired) electrons. The van der Waals surface area contributed by atoms with Crippen LogP contribution in [0.4, 0.5) is 0 Å². The molecule has 0 spiro atoms. The van der Waals surface area contributed by atoms with Crippen LogP contribution in [0.1, 0.15) is 16.8 Å². The summed E-state index contributed by atoms with van der Waals surface area (Å²) in [5, 5.41) is 0. The summed E-state index contributed by atoms with van der Waals surface area (Å²) in [7, 11) is -8.04. The molecule has 1 amide bonds. The van der Waals surface area contributed by atoms with Crippen LogP contribution in [0, 0.1) is 0 Å². The molecular formula is C22H20N2O5S2. The second kappa shape index (κ2) is 8.26. The molecule has 1 aliphatic heterocycles. The summed E-state index contributed by atoms with van der Waals surface area (Å²) in [6, 6.07) is 20.9. The molecule has 0 aromatic heterocycles. The van der Waals surface area contributed by atoms with Crippen LogP contribution in [0.25, 0.3) is 11.1 Å². The van der Waals surface area contributed by atoms with E-state index in [1.807, 2.05) is 30.3 Å². The highest BCUT2D eigenvalue weighted by molar-refractivity contribution is 7.90. The van der Waals surface area contributed by atoms with Gasteiger partial charge in [0.1, 0.15) is 0 Å². The second-order valence-corrected chi connectivity index (χ2v) is 10.7. The molecule has 9 heteroatoms. The summed E-state index contributed by atoms with van der Waals surface area (Å²) < 4.78 is 54.2. The highest BCUT2D eigenvalue weighted by Gasteiger charge is 2.30. The predicted molar refractivity (Wildman–Crippen MR) is 116 cm³/mol. The average molecular weight is 457 g/mol. The van der Waals surface area contributed by atoms with Crippen molar-refractivity contribution < 1.29 is 21.6 Å². The molecule has 3 aromatic carbocycles. The first-order valence-corrected chi connectivity index (χ1v) is 12.5. The van der Waals surface area contributed by atoms with Crippen LogP contribution in [0.15, 0.2) is 88.7 Å². The molecule has 1 fully saturated rings. The molecule has 4 rings (SSSR count). The van der Waals surface area contributed by atoms with Crippen molar-refractivity contribution in [3.8, 4) is 11.1 Å². The summed E-state index contributed by atoms with van der Waals surface area (Å²) in [6.45, 7) is 0.818. The highest BCUT2D eigenvalue weighted by atomic mass is 32.2. The molecule has 3 aromatic rings. The van der Waals surface area contributed by atoms with Crippen molar-refractivity contribution in [2.24, 2.45) is 0 Å². The van der Waals surface area contributed by atoms with Crippen LogP contribution in [0.2, 0.25) is 0 Å². The summed E-state index contributed by atoms with van der Waals surface area (Å²) >= 11 is 0. The van der Waals surface area contributed by atoms with Gasteiger partial charge in [-0.2, -0.15) is 4.31 Å². The Morgan fingerprint density at radius 3 is 2.10 bits per heavy atom. The van der Waals surface area contributed by atoms with Gasteiger partial charge in [-0.05, 0) is 41.8 Å². The molecule has 0 bridgehead atoms. The van der Waals surface area contributed by atoms with Gasteiger partial charge in [0.15, 0.2) is 0 Å². The summed E-state index contributed by atoms with van der Waals surface area (Å²) in [5.41, 5.74) is 1.56. The standard InChI is InChI=1S/C22H20N2O5S2/c25-22(21-13-5-4-12-20(21)17-8-2-1-3-9-17)23-30(26,27)18-10-6-11-19(16-18)31(28,29)24-14-7-15-24/h1-6,8-13,16H,7,14-15H2,(H,23,25). The second-order valence-electron chi connectivity index (χ2n) is 7.08. The number of nitrogens with zero attached hydrogens (tertiary/aromatic N) is 1. The zero-order chi connectivity index (χ0) is 22.1. The van der Waals surface area contributed by atoms with E-state index in [1.54, 1.807) is 18.2 Å². The fourth-order valence-electron chi connectivity index (χ4n) is 3.26. The van der Waals surface area contributed by atoms with Gasteiger partial charge in [0.05, 0.1) is 9.79 Å².